The zero-order valence-electron chi connectivity index (χ0n) is 10.5. The molecule has 17 heavy (non-hydrogen) atoms. The number of aromatic nitrogens is 2. The van der Waals surface area contributed by atoms with Gasteiger partial charge in [-0.05, 0) is 62.3 Å². The Labute approximate surface area is 103 Å². The molecule has 90 valence electrons. The third-order valence-corrected chi connectivity index (χ3v) is 5.48. The summed E-state index contributed by atoms with van der Waals surface area (Å²) in [6.45, 7) is 5.87. The van der Waals surface area contributed by atoms with Crippen molar-refractivity contribution in [3.63, 3.8) is 0 Å². The fraction of sp³-hybridized carbons (Fsp3) is 0.733. The van der Waals surface area contributed by atoms with E-state index in [0.29, 0.717) is 11.1 Å². The van der Waals surface area contributed by atoms with Crippen LogP contribution in [-0.2, 0) is 12.5 Å². The van der Waals surface area contributed by atoms with E-state index in [-0.39, 0.29) is 0 Å². The predicted octanol–water partition coefficient (Wildman–Crippen LogP) is 2.95. The quantitative estimate of drug-likeness (QED) is 0.722. The maximum atomic E-state index is 5.87. The molecule has 4 saturated carbocycles. The summed E-state index contributed by atoms with van der Waals surface area (Å²) >= 11 is 0. The van der Waals surface area contributed by atoms with E-state index in [0.717, 1.165) is 17.8 Å². The van der Waals surface area contributed by atoms with Crippen LogP contribution in [0.4, 0.5) is 0 Å². The van der Waals surface area contributed by atoms with Crippen molar-refractivity contribution >= 4 is 0 Å². The van der Waals surface area contributed by atoms with Crippen molar-refractivity contribution in [2.45, 2.75) is 43.9 Å². The molecular formula is C15H20N2. The molecule has 0 spiro atoms. The largest absolute Gasteiger partial charge is 0.272 e. The smallest absolute Gasteiger partial charge is 0.0672 e. The molecule has 0 N–H and O–H groups in total. The maximum Gasteiger partial charge on any atom is 0.0672 e. The highest BCUT2D eigenvalue weighted by Crippen LogP contribution is 2.60. The first-order valence-electron chi connectivity index (χ1n) is 6.95. The van der Waals surface area contributed by atoms with Gasteiger partial charge in [0.25, 0.3) is 0 Å². The zero-order valence-corrected chi connectivity index (χ0v) is 10.5. The average molecular weight is 228 g/mol. The van der Waals surface area contributed by atoms with Gasteiger partial charge in [0, 0.05) is 25.1 Å². The first-order valence-corrected chi connectivity index (χ1v) is 6.95. The highest BCUT2D eigenvalue weighted by atomic mass is 15.3. The van der Waals surface area contributed by atoms with Gasteiger partial charge in [-0.3, -0.25) is 4.68 Å². The molecule has 0 saturated heterocycles. The maximum absolute atomic E-state index is 5.87. The summed E-state index contributed by atoms with van der Waals surface area (Å²) in [6, 6.07) is 2.13. The Kier molecular flexibility index (Phi) is 1.88. The highest BCUT2D eigenvalue weighted by molar-refractivity contribution is 5.26. The van der Waals surface area contributed by atoms with Gasteiger partial charge in [0.05, 0.1) is 5.69 Å². The molecule has 2 heteroatoms. The Balaban J connectivity index is 1.79. The first-order chi connectivity index (χ1) is 8.14. The van der Waals surface area contributed by atoms with E-state index >= 15 is 0 Å². The van der Waals surface area contributed by atoms with Crippen LogP contribution in [0.1, 0.15) is 49.9 Å². The Hall–Kier alpha value is -0.790. The van der Waals surface area contributed by atoms with Gasteiger partial charge in [-0.1, -0.05) is 0 Å². The normalized spacial score (nSPS) is 43.3. The third-order valence-electron chi connectivity index (χ3n) is 5.48. The second-order valence-electron chi connectivity index (χ2n) is 6.78. The molecule has 4 fully saturated rings. The topological polar surface area (TPSA) is 17.8 Å². The van der Waals surface area contributed by atoms with E-state index < -0.39 is 0 Å². The van der Waals surface area contributed by atoms with Crippen LogP contribution >= 0.6 is 0 Å². The summed E-state index contributed by atoms with van der Waals surface area (Å²) in [7, 11) is 2.06. The second kappa shape index (κ2) is 3.15. The summed E-state index contributed by atoms with van der Waals surface area (Å²) in [5, 5.41) is 4.36. The van der Waals surface area contributed by atoms with Crippen molar-refractivity contribution in [2.24, 2.45) is 24.8 Å². The van der Waals surface area contributed by atoms with Crippen LogP contribution in [0.2, 0.25) is 0 Å². The lowest BCUT2D eigenvalue weighted by atomic mass is 9.49. The molecule has 0 amide bonds. The van der Waals surface area contributed by atoms with Crippen molar-refractivity contribution in [1.82, 2.24) is 9.78 Å². The van der Waals surface area contributed by atoms with Crippen LogP contribution in [0.25, 0.3) is 0 Å². The van der Waals surface area contributed by atoms with Crippen LogP contribution in [-0.4, -0.2) is 9.78 Å². The van der Waals surface area contributed by atoms with Crippen LogP contribution in [0.3, 0.4) is 0 Å². The molecule has 1 aromatic heterocycles. The Morgan fingerprint density at radius 3 is 2.12 bits per heavy atom. The minimum Gasteiger partial charge on any atom is -0.272 e. The van der Waals surface area contributed by atoms with Crippen molar-refractivity contribution in [1.29, 1.82) is 0 Å². The van der Waals surface area contributed by atoms with Crippen LogP contribution < -0.4 is 0 Å². The van der Waals surface area contributed by atoms with E-state index in [9.17, 15) is 0 Å². The fourth-order valence-electron chi connectivity index (χ4n) is 5.41. The van der Waals surface area contributed by atoms with Gasteiger partial charge in [-0.2, -0.15) is 5.10 Å². The fourth-order valence-corrected chi connectivity index (χ4v) is 5.41. The van der Waals surface area contributed by atoms with Gasteiger partial charge in [-0.15, -0.1) is 0 Å². The van der Waals surface area contributed by atoms with Gasteiger partial charge < -0.3 is 0 Å². The molecule has 4 bridgehead atoms. The van der Waals surface area contributed by atoms with Gasteiger partial charge in [0.15, 0.2) is 0 Å². The van der Waals surface area contributed by atoms with Crippen LogP contribution in [0, 0.1) is 24.7 Å². The predicted molar refractivity (Wildman–Crippen MR) is 66.5 cm³/mol. The monoisotopic (exact) mass is 228 g/mol. The average Bonchev–Trinajstić information content (AvgIpc) is 2.56. The van der Waals surface area contributed by atoms with Crippen molar-refractivity contribution in [2.75, 3.05) is 0 Å². The molecule has 4 aliphatic rings. The van der Waals surface area contributed by atoms with Crippen molar-refractivity contribution < 1.29 is 0 Å². The number of nitrogens with zero attached hydrogens (tertiary/aromatic N) is 2. The number of hydrogen-bond donors (Lipinski definition) is 0. The summed E-state index contributed by atoms with van der Waals surface area (Å²) in [6.07, 6.45) is 8.64. The second-order valence-corrected chi connectivity index (χ2v) is 6.78. The van der Waals surface area contributed by atoms with Gasteiger partial charge in [-0.25, -0.2) is 0 Å². The van der Waals surface area contributed by atoms with E-state index in [1.54, 1.807) is 0 Å². The van der Waals surface area contributed by atoms with Crippen LogP contribution in [0.15, 0.2) is 6.07 Å². The van der Waals surface area contributed by atoms with Crippen molar-refractivity contribution in [3.05, 3.63) is 24.4 Å². The lowest BCUT2D eigenvalue weighted by molar-refractivity contribution is -0.00887. The summed E-state index contributed by atoms with van der Waals surface area (Å²) in [5.41, 5.74) is 2.53. The first kappa shape index (κ1) is 10.2. The van der Waals surface area contributed by atoms with Gasteiger partial charge in [0.1, 0.15) is 0 Å². The minimum atomic E-state index is 0.425. The van der Waals surface area contributed by atoms with Gasteiger partial charge in [0.2, 0.25) is 0 Å². The molecular weight excluding hydrogens is 208 g/mol. The molecule has 2 nitrogen and oxygen atoms in total. The number of aryl methyl sites for hydroxylation is 1. The van der Waals surface area contributed by atoms with Crippen molar-refractivity contribution in [3.8, 4) is 0 Å². The molecule has 1 heterocycles. The Morgan fingerprint density at radius 1 is 1.18 bits per heavy atom. The lowest BCUT2D eigenvalue weighted by Crippen LogP contribution is -2.49. The summed E-state index contributed by atoms with van der Waals surface area (Å²) < 4.78 is 2.04. The molecule has 0 aromatic carbocycles. The molecule has 4 aliphatic carbocycles. The van der Waals surface area contributed by atoms with E-state index in [2.05, 4.69) is 18.2 Å². The minimum absolute atomic E-state index is 0.425. The molecule has 0 aliphatic heterocycles. The number of hydrogen-bond acceptors (Lipinski definition) is 1. The highest BCUT2D eigenvalue weighted by Gasteiger charge is 2.52. The zero-order chi connectivity index (χ0) is 11.6. The number of rotatable bonds is 1. The molecule has 0 atom stereocenters. The van der Waals surface area contributed by atoms with E-state index in [4.69, 9.17) is 6.92 Å². The molecule has 0 unspecified atom stereocenters. The summed E-state index contributed by atoms with van der Waals surface area (Å²) in [5.74, 6) is 2.95. The molecule has 2 radical (unpaired) electrons. The van der Waals surface area contributed by atoms with Crippen LogP contribution in [0.5, 0.6) is 0 Å². The van der Waals surface area contributed by atoms with E-state index in [1.807, 2.05) is 4.68 Å². The summed E-state index contributed by atoms with van der Waals surface area (Å²) in [4.78, 5) is 0. The third kappa shape index (κ3) is 1.36. The SMILES string of the molecule is [CH]c1cc(C23CC4CC(CC(C4)C2)C3)n(C)n1. The van der Waals surface area contributed by atoms with E-state index in [1.165, 1.54) is 44.2 Å². The molecule has 5 rings (SSSR count). The lowest BCUT2D eigenvalue weighted by Gasteiger charge is -2.56. The van der Waals surface area contributed by atoms with Gasteiger partial charge >= 0.3 is 0 Å². The standard InChI is InChI=1S/C15H20N2/c1-10-3-14(17(2)16-10)15-7-11-4-12(8-15)6-13(5-11)9-15/h1,3,11-13H,4-9H2,2H3. The Morgan fingerprint density at radius 2 is 1.71 bits per heavy atom. The molecule has 1 aromatic rings. The Bertz CT molecular complexity index is 422.